The van der Waals surface area contributed by atoms with Gasteiger partial charge in [-0.2, -0.15) is 0 Å². The molecule has 0 aliphatic rings. The third-order valence-electron chi connectivity index (χ3n) is 3.77. The lowest BCUT2D eigenvalue weighted by atomic mass is 10.3. The van der Waals surface area contributed by atoms with Gasteiger partial charge in [0.25, 0.3) is 5.69 Å². The molecule has 2 aromatic rings. The van der Waals surface area contributed by atoms with Crippen LogP contribution in [0.3, 0.4) is 0 Å². The van der Waals surface area contributed by atoms with Gasteiger partial charge in [0.1, 0.15) is 18.1 Å². The van der Waals surface area contributed by atoms with Gasteiger partial charge in [0, 0.05) is 38.0 Å². The molecule has 29 heavy (non-hydrogen) atoms. The van der Waals surface area contributed by atoms with Gasteiger partial charge >= 0.3 is 0 Å². The first-order chi connectivity index (χ1) is 13.6. The Morgan fingerprint density at radius 2 is 1.62 bits per heavy atom. The number of aliphatic imine (C=N–C) groups is 1. The van der Waals surface area contributed by atoms with Gasteiger partial charge in [-0.25, -0.2) is 0 Å². The van der Waals surface area contributed by atoms with Crippen molar-refractivity contribution in [3.05, 3.63) is 58.6 Å². The number of methoxy groups -OCH3 is 1. The summed E-state index contributed by atoms with van der Waals surface area (Å²) in [5.41, 5.74) is 0.897. The molecule has 0 fully saturated rings. The van der Waals surface area contributed by atoms with Crippen LogP contribution in [0.15, 0.2) is 53.5 Å². The Bertz CT molecular complexity index is 769. The summed E-state index contributed by atoms with van der Waals surface area (Å²) in [6.07, 6.45) is 0. The molecular formula is C19H26IN5O4. The van der Waals surface area contributed by atoms with Crippen molar-refractivity contribution in [2.45, 2.75) is 0 Å². The summed E-state index contributed by atoms with van der Waals surface area (Å²) in [7, 11) is 3.32. The highest BCUT2D eigenvalue weighted by Gasteiger charge is 2.03. The van der Waals surface area contributed by atoms with Crippen molar-refractivity contribution in [1.82, 2.24) is 10.6 Å². The third kappa shape index (κ3) is 8.85. The van der Waals surface area contributed by atoms with E-state index in [1.165, 1.54) is 12.1 Å². The second-order valence-electron chi connectivity index (χ2n) is 5.68. The van der Waals surface area contributed by atoms with Gasteiger partial charge in [-0.3, -0.25) is 15.1 Å². The quantitative estimate of drug-likeness (QED) is 0.112. The summed E-state index contributed by atoms with van der Waals surface area (Å²) in [5, 5.41) is 20.2. The van der Waals surface area contributed by atoms with E-state index in [0.717, 1.165) is 17.2 Å². The van der Waals surface area contributed by atoms with Crippen LogP contribution >= 0.6 is 24.0 Å². The monoisotopic (exact) mass is 515 g/mol. The lowest BCUT2D eigenvalue weighted by molar-refractivity contribution is -0.384. The van der Waals surface area contributed by atoms with E-state index in [4.69, 9.17) is 9.47 Å². The summed E-state index contributed by atoms with van der Waals surface area (Å²) in [6, 6.07) is 13.7. The molecule has 2 aromatic carbocycles. The van der Waals surface area contributed by atoms with Gasteiger partial charge in [-0.05, 0) is 36.4 Å². The lowest BCUT2D eigenvalue weighted by Gasteiger charge is -2.13. The van der Waals surface area contributed by atoms with E-state index < -0.39 is 4.92 Å². The van der Waals surface area contributed by atoms with Crippen molar-refractivity contribution >= 4 is 41.3 Å². The molecule has 0 amide bonds. The minimum atomic E-state index is -0.417. The highest BCUT2D eigenvalue weighted by molar-refractivity contribution is 14.0. The van der Waals surface area contributed by atoms with Crippen molar-refractivity contribution in [1.29, 1.82) is 0 Å². The molecule has 0 atom stereocenters. The number of benzene rings is 2. The number of nitro groups is 1. The van der Waals surface area contributed by atoms with Crippen molar-refractivity contribution in [2.75, 3.05) is 45.7 Å². The predicted octanol–water partition coefficient (Wildman–Crippen LogP) is 2.88. The molecule has 0 bridgehead atoms. The number of halogens is 1. The van der Waals surface area contributed by atoms with Crippen LogP contribution in [0.4, 0.5) is 11.4 Å². The molecule has 0 spiro atoms. The summed E-state index contributed by atoms with van der Waals surface area (Å²) < 4.78 is 10.8. The Hall–Kier alpha value is -2.76. The van der Waals surface area contributed by atoms with E-state index >= 15 is 0 Å². The number of hydrogen-bond donors (Lipinski definition) is 3. The molecule has 9 nitrogen and oxygen atoms in total. The highest BCUT2D eigenvalue weighted by Crippen LogP contribution is 2.16. The van der Waals surface area contributed by atoms with Gasteiger partial charge in [0.05, 0.1) is 18.6 Å². The van der Waals surface area contributed by atoms with Crippen molar-refractivity contribution in [3.63, 3.8) is 0 Å². The Kier molecular flexibility index (Phi) is 11.2. The van der Waals surface area contributed by atoms with E-state index in [1.807, 2.05) is 24.3 Å². The number of non-ortho nitro benzene ring substituents is 1. The molecule has 0 saturated heterocycles. The molecule has 0 aliphatic heterocycles. The molecule has 0 unspecified atom stereocenters. The molecule has 0 radical (unpaired) electrons. The third-order valence-corrected chi connectivity index (χ3v) is 3.77. The van der Waals surface area contributed by atoms with E-state index in [0.29, 0.717) is 32.2 Å². The summed E-state index contributed by atoms with van der Waals surface area (Å²) in [6.45, 7) is 2.37. The molecule has 3 N–H and O–H groups in total. The van der Waals surface area contributed by atoms with E-state index in [9.17, 15) is 10.1 Å². The summed E-state index contributed by atoms with van der Waals surface area (Å²) in [5.74, 6) is 2.24. The van der Waals surface area contributed by atoms with Crippen LogP contribution in [-0.2, 0) is 0 Å². The molecular weight excluding hydrogens is 489 g/mol. The standard InChI is InChI=1S/C19H25N5O4.HI/c1-20-19(23-13-14-28-18-9-7-17(27-2)8-10-18)22-12-11-21-15-3-5-16(6-4-15)24(25)26;/h3-10,21H,11-14H2,1-2H3,(H2,20,22,23);1H. The zero-order chi connectivity index (χ0) is 20.2. The Morgan fingerprint density at radius 3 is 2.21 bits per heavy atom. The molecule has 2 rings (SSSR count). The number of nitro benzene ring substituents is 1. The number of hydrogen-bond acceptors (Lipinski definition) is 6. The van der Waals surface area contributed by atoms with Gasteiger partial charge in [0.2, 0.25) is 0 Å². The Balaban J connectivity index is 0.00000420. The number of nitrogens with zero attached hydrogens (tertiary/aromatic N) is 2. The second-order valence-corrected chi connectivity index (χ2v) is 5.68. The first-order valence-electron chi connectivity index (χ1n) is 8.82. The van der Waals surface area contributed by atoms with Crippen molar-refractivity contribution in [3.8, 4) is 11.5 Å². The summed E-state index contributed by atoms with van der Waals surface area (Å²) in [4.78, 5) is 14.4. The van der Waals surface area contributed by atoms with Crippen LogP contribution < -0.4 is 25.4 Å². The average molecular weight is 515 g/mol. The molecule has 0 aliphatic carbocycles. The minimum absolute atomic E-state index is 0. The average Bonchev–Trinajstić information content (AvgIpc) is 2.73. The first-order valence-corrected chi connectivity index (χ1v) is 8.82. The predicted molar refractivity (Wildman–Crippen MR) is 125 cm³/mol. The van der Waals surface area contributed by atoms with Crippen LogP contribution in [0, 0.1) is 10.1 Å². The Morgan fingerprint density at radius 1 is 1.00 bits per heavy atom. The smallest absolute Gasteiger partial charge is 0.269 e. The van der Waals surface area contributed by atoms with Crippen LogP contribution in [-0.4, -0.2) is 51.3 Å². The largest absolute Gasteiger partial charge is 0.497 e. The molecule has 0 aromatic heterocycles. The fourth-order valence-corrected chi connectivity index (χ4v) is 2.32. The number of rotatable bonds is 10. The fraction of sp³-hybridized carbons (Fsp3) is 0.316. The zero-order valence-electron chi connectivity index (χ0n) is 16.4. The summed E-state index contributed by atoms with van der Waals surface area (Å²) >= 11 is 0. The zero-order valence-corrected chi connectivity index (χ0v) is 18.7. The van der Waals surface area contributed by atoms with Gasteiger partial charge in [-0.1, -0.05) is 0 Å². The number of anilines is 1. The second kappa shape index (κ2) is 13.4. The van der Waals surface area contributed by atoms with E-state index in [1.54, 1.807) is 26.3 Å². The maximum atomic E-state index is 10.6. The Labute approximate surface area is 187 Å². The van der Waals surface area contributed by atoms with Crippen molar-refractivity contribution in [2.24, 2.45) is 4.99 Å². The van der Waals surface area contributed by atoms with Gasteiger partial charge < -0.3 is 25.4 Å². The molecule has 158 valence electrons. The van der Waals surface area contributed by atoms with Crippen LogP contribution in [0.1, 0.15) is 0 Å². The normalized spacial score (nSPS) is 10.5. The number of guanidine groups is 1. The fourth-order valence-electron chi connectivity index (χ4n) is 2.32. The maximum absolute atomic E-state index is 10.6. The van der Waals surface area contributed by atoms with Gasteiger partial charge in [0.15, 0.2) is 5.96 Å². The lowest BCUT2D eigenvalue weighted by Crippen LogP contribution is -2.41. The topological polar surface area (TPSA) is 110 Å². The van der Waals surface area contributed by atoms with Gasteiger partial charge in [-0.15, -0.1) is 24.0 Å². The van der Waals surface area contributed by atoms with Crippen LogP contribution in [0.25, 0.3) is 0 Å². The number of nitrogens with one attached hydrogen (secondary N) is 3. The van der Waals surface area contributed by atoms with Crippen LogP contribution in [0.2, 0.25) is 0 Å². The first kappa shape index (κ1) is 24.3. The SMILES string of the molecule is CN=C(NCCNc1ccc([N+](=O)[O-])cc1)NCCOc1ccc(OC)cc1.I. The van der Waals surface area contributed by atoms with Crippen LogP contribution in [0.5, 0.6) is 11.5 Å². The molecule has 0 heterocycles. The minimum Gasteiger partial charge on any atom is -0.497 e. The number of ether oxygens (including phenoxy) is 2. The van der Waals surface area contributed by atoms with Crippen molar-refractivity contribution < 1.29 is 14.4 Å². The van der Waals surface area contributed by atoms with E-state index in [2.05, 4.69) is 20.9 Å². The van der Waals surface area contributed by atoms with E-state index in [-0.39, 0.29) is 29.7 Å². The maximum Gasteiger partial charge on any atom is 0.269 e. The molecule has 0 saturated carbocycles. The highest BCUT2D eigenvalue weighted by atomic mass is 127. The molecule has 10 heteroatoms.